The average Bonchev–Trinajstić information content (AvgIpc) is 2.67. The summed E-state index contributed by atoms with van der Waals surface area (Å²) in [6, 6.07) is 14.6. The number of hydrogen-bond acceptors (Lipinski definition) is 4. The number of thioether (sulfide) groups is 1. The number of ether oxygens (including phenoxy) is 1. The summed E-state index contributed by atoms with van der Waals surface area (Å²) >= 11 is 1.36. The molecule has 0 saturated heterocycles. The van der Waals surface area contributed by atoms with Crippen LogP contribution in [0.4, 0.5) is 13.2 Å². The Kier molecular flexibility index (Phi) is 6.24. The van der Waals surface area contributed by atoms with Crippen LogP contribution in [-0.2, 0) is 18.3 Å². The molecule has 0 aliphatic carbocycles. The maximum absolute atomic E-state index is 12.7. The molecular formula is C21H19F3N2OS. The van der Waals surface area contributed by atoms with Gasteiger partial charge in [-0.3, -0.25) is 0 Å². The Bertz CT molecular complexity index is 926. The largest absolute Gasteiger partial charge is 0.439 e. The smallest absolute Gasteiger partial charge is 0.416 e. The molecule has 0 unspecified atom stereocenters. The van der Waals surface area contributed by atoms with Crippen molar-refractivity contribution in [3.63, 3.8) is 0 Å². The number of alkyl halides is 3. The van der Waals surface area contributed by atoms with E-state index in [1.54, 1.807) is 6.07 Å². The molecule has 1 aromatic heterocycles. The summed E-state index contributed by atoms with van der Waals surface area (Å²) in [6.07, 6.45) is -3.60. The Hall–Kier alpha value is -2.54. The molecule has 0 amide bonds. The van der Waals surface area contributed by atoms with Crippen LogP contribution in [0, 0.1) is 6.92 Å². The Morgan fingerprint density at radius 2 is 1.64 bits per heavy atom. The van der Waals surface area contributed by atoms with E-state index in [2.05, 4.69) is 9.97 Å². The van der Waals surface area contributed by atoms with E-state index in [1.807, 2.05) is 38.1 Å². The van der Waals surface area contributed by atoms with Crippen molar-refractivity contribution < 1.29 is 17.9 Å². The summed E-state index contributed by atoms with van der Waals surface area (Å²) < 4.78 is 43.8. The maximum Gasteiger partial charge on any atom is 0.416 e. The average molecular weight is 404 g/mol. The molecule has 7 heteroatoms. The van der Waals surface area contributed by atoms with Gasteiger partial charge in [0.1, 0.15) is 5.75 Å². The van der Waals surface area contributed by atoms with Crippen molar-refractivity contribution in [1.29, 1.82) is 0 Å². The summed E-state index contributed by atoms with van der Waals surface area (Å²) in [5.41, 5.74) is 2.09. The van der Waals surface area contributed by atoms with E-state index < -0.39 is 11.7 Å². The number of aryl methyl sites for hydroxylation is 2. The lowest BCUT2D eigenvalue weighted by Gasteiger charge is -2.09. The molecule has 3 nitrogen and oxygen atoms in total. The highest BCUT2D eigenvalue weighted by atomic mass is 32.2. The number of benzene rings is 2. The fourth-order valence-electron chi connectivity index (χ4n) is 2.41. The molecular weight excluding hydrogens is 385 g/mol. The molecule has 0 fully saturated rings. The molecule has 0 bridgehead atoms. The molecule has 0 aliphatic rings. The van der Waals surface area contributed by atoms with Gasteiger partial charge in [-0.2, -0.15) is 18.2 Å². The van der Waals surface area contributed by atoms with E-state index in [0.717, 1.165) is 35.4 Å². The number of rotatable bonds is 6. The molecule has 0 N–H and O–H groups in total. The highest BCUT2D eigenvalue weighted by Gasteiger charge is 2.29. The molecule has 0 aliphatic heterocycles. The van der Waals surface area contributed by atoms with Crippen LogP contribution in [0.3, 0.4) is 0 Å². The van der Waals surface area contributed by atoms with Gasteiger partial charge in [0.15, 0.2) is 5.16 Å². The predicted octanol–water partition coefficient (Wildman–Crippen LogP) is 6.45. The highest BCUT2D eigenvalue weighted by molar-refractivity contribution is 7.98. The van der Waals surface area contributed by atoms with E-state index in [0.29, 0.717) is 22.5 Å². The molecule has 3 aromatic rings. The van der Waals surface area contributed by atoms with Crippen molar-refractivity contribution in [3.05, 3.63) is 77.0 Å². The van der Waals surface area contributed by atoms with Crippen LogP contribution in [0.5, 0.6) is 11.6 Å². The zero-order valence-electron chi connectivity index (χ0n) is 15.5. The topological polar surface area (TPSA) is 35.0 Å². The van der Waals surface area contributed by atoms with Crippen molar-refractivity contribution >= 4 is 11.8 Å². The fraction of sp³-hybridized carbons (Fsp3) is 0.238. The van der Waals surface area contributed by atoms with Gasteiger partial charge in [-0.25, -0.2) is 4.98 Å². The van der Waals surface area contributed by atoms with E-state index in [4.69, 9.17) is 4.74 Å². The zero-order chi connectivity index (χ0) is 20.1. The van der Waals surface area contributed by atoms with E-state index >= 15 is 0 Å². The van der Waals surface area contributed by atoms with Gasteiger partial charge in [0, 0.05) is 17.5 Å². The van der Waals surface area contributed by atoms with Crippen molar-refractivity contribution in [2.24, 2.45) is 0 Å². The second kappa shape index (κ2) is 8.65. The van der Waals surface area contributed by atoms with Crippen LogP contribution in [-0.4, -0.2) is 9.97 Å². The standard InChI is InChI=1S/C21H19F3N2OS/c1-3-17-12-19(27-18-10-4-14(2)5-11-18)26-20(25-17)28-13-15-6-8-16(9-7-15)21(22,23)24/h4-12H,3,13H2,1-2H3. The first-order chi connectivity index (χ1) is 13.3. The van der Waals surface area contributed by atoms with Gasteiger partial charge < -0.3 is 4.74 Å². The van der Waals surface area contributed by atoms with Gasteiger partial charge in [0.25, 0.3) is 0 Å². The normalized spacial score (nSPS) is 11.5. The number of aromatic nitrogens is 2. The maximum atomic E-state index is 12.7. The minimum atomic E-state index is -4.33. The number of halogens is 3. The lowest BCUT2D eigenvalue weighted by Crippen LogP contribution is -2.04. The first-order valence-corrected chi connectivity index (χ1v) is 9.73. The van der Waals surface area contributed by atoms with Gasteiger partial charge in [-0.15, -0.1) is 0 Å². The lowest BCUT2D eigenvalue weighted by atomic mass is 10.1. The molecule has 1 heterocycles. The minimum absolute atomic E-state index is 0.450. The first kappa shape index (κ1) is 20.2. The quantitative estimate of drug-likeness (QED) is 0.349. The van der Waals surface area contributed by atoms with E-state index in [9.17, 15) is 13.2 Å². The van der Waals surface area contributed by atoms with Gasteiger partial charge in [-0.1, -0.05) is 48.5 Å². The molecule has 28 heavy (non-hydrogen) atoms. The zero-order valence-corrected chi connectivity index (χ0v) is 16.3. The molecule has 2 aromatic carbocycles. The monoisotopic (exact) mass is 404 g/mol. The van der Waals surface area contributed by atoms with Crippen LogP contribution < -0.4 is 4.74 Å². The SMILES string of the molecule is CCc1cc(Oc2ccc(C)cc2)nc(SCc2ccc(C(F)(F)F)cc2)n1. The number of hydrogen-bond donors (Lipinski definition) is 0. The van der Waals surface area contributed by atoms with Gasteiger partial charge in [-0.05, 0) is 43.2 Å². The van der Waals surface area contributed by atoms with Gasteiger partial charge in [0.2, 0.25) is 5.88 Å². The predicted molar refractivity (Wildman–Crippen MR) is 104 cm³/mol. The summed E-state index contributed by atoms with van der Waals surface area (Å²) in [4.78, 5) is 8.89. The van der Waals surface area contributed by atoms with Crippen LogP contribution >= 0.6 is 11.8 Å². The molecule has 0 saturated carbocycles. The third kappa shape index (κ3) is 5.48. The molecule has 0 radical (unpaired) electrons. The van der Waals surface area contributed by atoms with Gasteiger partial charge in [0.05, 0.1) is 5.56 Å². The van der Waals surface area contributed by atoms with E-state index in [-0.39, 0.29) is 0 Å². The Labute approximate surface area is 166 Å². The highest BCUT2D eigenvalue weighted by Crippen LogP contribution is 2.30. The molecule has 0 atom stereocenters. The molecule has 3 rings (SSSR count). The number of nitrogens with zero attached hydrogens (tertiary/aromatic N) is 2. The summed E-state index contributed by atoms with van der Waals surface area (Å²) in [6.45, 7) is 3.99. The molecule has 0 spiro atoms. The van der Waals surface area contributed by atoms with Crippen molar-refractivity contribution in [3.8, 4) is 11.6 Å². The Morgan fingerprint density at radius 1 is 0.964 bits per heavy atom. The third-order valence-corrected chi connectivity index (χ3v) is 4.91. The van der Waals surface area contributed by atoms with E-state index in [1.165, 1.54) is 23.9 Å². The van der Waals surface area contributed by atoms with Crippen molar-refractivity contribution in [2.75, 3.05) is 0 Å². The van der Waals surface area contributed by atoms with Crippen molar-refractivity contribution in [1.82, 2.24) is 9.97 Å². The lowest BCUT2D eigenvalue weighted by molar-refractivity contribution is -0.137. The van der Waals surface area contributed by atoms with Crippen molar-refractivity contribution in [2.45, 2.75) is 37.4 Å². The Morgan fingerprint density at radius 3 is 2.25 bits per heavy atom. The first-order valence-electron chi connectivity index (χ1n) is 8.75. The summed E-state index contributed by atoms with van der Waals surface area (Å²) in [7, 11) is 0. The van der Waals surface area contributed by atoms with Crippen LogP contribution in [0.25, 0.3) is 0 Å². The summed E-state index contributed by atoms with van der Waals surface area (Å²) in [5, 5.41) is 0.529. The second-order valence-electron chi connectivity index (χ2n) is 6.23. The van der Waals surface area contributed by atoms with Crippen LogP contribution in [0.1, 0.15) is 29.3 Å². The van der Waals surface area contributed by atoms with Crippen LogP contribution in [0.2, 0.25) is 0 Å². The second-order valence-corrected chi connectivity index (χ2v) is 7.17. The third-order valence-electron chi connectivity index (χ3n) is 3.99. The molecule has 146 valence electrons. The Balaban J connectivity index is 1.71. The van der Waals surface area contributed by atoms with Gasteiger partial charge >= 0.3 is 6.18 Å². The van der Waals surface area contributed by atoms with Crippen LogP contribution in [0.15, 0.2) is 59.8 Å². The fourth-order valence-corrected chi connectivity index (χ4v) is 3.24. The summed E-state index contributed by atoms with van der Waals surface area (Å²) in [5.74, 6) is 1.60. The minimum Gasteiger partial charge on any atom is -0.439 e.